The number of carbonyl (C=O) groups excluding carboxylic acids is 4. The summed E-state index contributed by atoms with van der Waals surface area (Å²) < 4.78 is 27.9. The molecule has 0 aliphatic carbocycles. The van der Waals surface area contributed by atoms with E-state index in [1.54, 1.807) is 0 Å². The standard InChI is InChI=1S/C21H18F2N4O4/c22-12-4-1-6-14-20(12)24-16(28)10-26(14)18(30)8-3-9-19(31)27-11-17(29)25-21-13(23)5-2-7-15(21)27/h1-2,4-7H,3,8-11H2,(H,24,28)(H,25,29). The van der Waals surface area contributed by atoms with E-state index in [0.717, 1.165) is 0 Å². The molecule has 0 radical (unpaired) electrons. The van der Waals surface area contributed by atoms with E-state index < -0.39 is 35.3 Å². The summed E-state index contributed by atoms with van der Waals surface area (Å²) in [6.07, 6.45) is 0.0131. The normalized spacial score (nSPS) is 15.0. The second-order valence-electron chi connectivity index (χ2n) is 7.18. The fourth-order valence-corrected chi connectivity index (χ4v) is 3.64. The SMILES string of the molecule is O=C1CN(C(=O)CCCC(=O)N2CC(=O)Nc3c(F)cccc32)c2cccc(F)c2N1. The molecule has 8 nitrogen and oxygen atoms in total. The molecule has 10 heteroatoms. The van der Waals surface area contributed by atoms with Crippen LogP contribution in [0, 0.1) is 11.6 Å². The lowest BCUT2D eigenvalue weighted by molar-refractivity contribution is -0.123. The molecule has 0 spiro atoms. The average Bonchev–Trinajstić information content (AvgIpc) is 2.74. The van der Waals surface area contributed by atoms with E-state index in [2.05, 4.69) is 10.6 Å². The van der Waals surface area contributed by atoms with Gasteiger partial charge in [-0.05, 0) is 30.7 Å². The van der Waals surface area contributed by atoms with E-state index in [1.165, 1.54) is 46.2 Å². The maximum atomic E-state index is 14.0. The second kappa shape index (κ2) is 8.13. The van der Waals surface area contributed by atoms with Crippen LogP contribution in [0.15, 0.2) is 36.4 Å². The molecule has 0 saturated heterocycles. The molecule has 31 heavy (non-hydrogen) atoms. The minimum Gasteiger partial charge on any atom is -0.320 e. The first kappa shape index (κ1) is 20.5. The molecule has 0 bridgehead atoms. The van der Waals surface area contributed by atoms with E-state index in [1.807, 2.05) is 0 Å². The Kier molecular flexibility index (Phi) is 5.37. The number of anilines is 4. The average molecular weight is 428 g/mol. The number of hydrogen-bond donors (Lipinski definition) is 2. The van der Waals surface area contributed by atoms with Gasteiger partial charge in [0.2, 0.25) is 23.6 Å². The second-order valence-corrected chi connectivity index (χ2v) is 7.18. The Morgan fingerprint density at radius 3 is 1.61 bits per heavy atom. The van der Waals surface area contributed by atoms with Gasteiger partial charge in [-0.3, -0.25) is 19.2 Å². The van der Waals surface area contributed by atoms with Crippen LogP contribution in [0.25, 0.3) is 0 Å². The molecule has 4 amide bonds. The molecular weight excluding hydrogens is 410 g/mol. The van der Waals surface area contributed by atoms with Crippen molar-refractivity contribution in [2.75, 3.05) is 33.5 Å². The molecule has 2 aromatic carbocycles. The first-order valence-corrected chi connectivity index (χ1v) is 9.62. The summed E-state index contributed by atoms with van der Waals surface area (Å²) in [5.41, 5.74) is 0.406. The van der Waals surface area contributed by atoms with Gasteiger partial charge >= 0.3 is 0 Å². The number of benzene rings is 2. The van der Waals surface area contributed by atoms with Gasteiger partial charge < -0.3 is 20.4 Å². The number of fused-ring (bicyclic) bond motifs is 2. The van der Waals surface area contributed by atoms with Gasteiger partial charge in [-0.1, -0.05) is 12.1 Å². The van der Waals surface area contributed by atoms with E-state index >= 15 is 0 Å². The molecule has 160 valence electrons. The predicted octanol–water partition coefficient (Wildman–Crippen LogP) is 2.41. The molecule has 2 N–H and O–H groups in total. The fourth-order valence-electron chi connectivity index (χ4n) is 3.64. The summed E-state index contributed by atoms with van der Waals surface area (Å²) in [7, 11) is 0. The predicted molar refractivity (Wildman–Crippen MR) is 109 cm³/mol. The van der Waals surface area contributed by atoms with Crippen molar-refractivity contribution >= 4 is 46.4 Å². The van der Waals surface area contributed by atoms with Crippen LogP contribution in [0.2, 0.25) is 0 Å². The van der Waals surface area contributed by atoms with Crippen molar-refractivity contribution in [2.45, 2.75) is 19.3 Å². The minimum absolute atomic E-state index is 0.0545. The number of halogens is 2. The van der Waals surface area contributed by atoms with Gasteiger partial charge in [-0.15, -0.1) is 0 Å². The molecule has 2 heterocycles. The zero-order valence-electron chi connectivity index (χ0n) is 16.3. The third-order valence-corrected chi connectivity index (χ3v) is 5.08. The van der Waals surface area contributed by atoms with Crippen molar-refractivity contribution in [3.05, 3.63) is 48.0 Å². The van der Waals surface area contributed by atoms with Crippen LogP contribution in [0.4, 0.5) is 31.5 Å². The molecule has 0 saturated carbocycles. The van der Waals surface area contributed by atoms with Crippen LogP contribution >= 0.6 is 0 Å². The molecule has 0 atom stereocenters. The number of para-hydroxylation sites is 2. The van der Waals surface area contributed by atoms with Crippen LogP contribution in [-0.4, -0.2) is 36.7 Å². The van der Waals surface area contributed by atoms with Gasteiger partial charge in [0, 0.05) is 12.8 Å². The van der Waals surface area contributed by atoms with E-state index in [4.69, 9.17) is 0 Å². The minimum atomic E-state index is -0.646. The van der Waals surface area contributed by atoms with Crippen molar-refractivity contribution in [3.8, 4) is 0 Å². The fraction of sp³-hybridized carbons (Fsp3) is 0.238. The highest BCUT2D eigenvalue weighted by molar-refractivity contribution is 6.11. The molecular formula is C21H18F2N4O4. The zero-order valence-corrected chi connectivity index (χ0v) is 16.3. The van der Waals surface area contributed by atoms with Crippen LogP contribution in [-0.2, 0) is 19.2 Å². The van der Waals surface area contributed by atoms with Crippen LogP contribution in [0.5, 0.6) is 0 Å². The number of amides is 4. The Balaban J connectivity index is 1.42. The number of rotatable bonds is 4. The molecule has 0 fully saturated rings. The first-order chi connectivity index (χ1) is 14.8. The van der Waals surface area contributed by atoms with Crippen molar-refractivity contribution in [2.24, 2.45) is 0 Å². The number of nitrogens with zero attached hydrogens (tertiary/aromatic N) is 2. The smallest absolute Gasteiger partial charge is 0.244 e. The lowest BCUT2D eigenvalue weighted by Crippen LogP contribution is -2.43. The summed E-state index contributed by atoms with van der Waals surface area (Å²) >= 11 is 0. The van der Waals surface area contributed by atoms with Crippen molar-refractivity contribution in [1.29, 1.82) is 0 Å². The largest absolute Gasteiger partial charge is 0.320 e. The highest BCUT2D eigenvalue weighted by Gasteiger charge is 2.30. The van der Waals surface area contributed by atoms with Gasteiger partial charge in [0.25, 0.3) is 0 Å². The highest BCUT2D eigenvalue weighted by atomic mass is 19.1. The number of hydrogen-bond acceptors (Lipinski definition) is 4. The summed E-state index contributed by atoms with van der Waals surface area (Å²) in [6.45, 7) is -0.496. The molecule has 2 aliphatic heterocycles. The molecule has 4 rings (SSSR count). The van der Waals surface area contributed by atoms with Gasteiger partial charge in [-0.25, -0.2) is 8.78 Å². The Hall–Kier alpha value is -3.82. The number of nitrogens with one attached hydrogen (secondary N) is 2. The van der Waals surface area contributed by atoms with E-state index in [-0.39, 0.29) is 55.1 Å². The Morgan fingerprint density at radius 1 is 0.774 bits per heavy atom. The van der Waals surface area contributed by atoms with Crippen LogP contribution in [0.1, 0.15) is 19.3 Å². The maximum absolute atomic E-state index is 14.0. The quantitative estimate of drug-likeness (QED) is 0.781. The molecule has 0 aromatic heterocycles. The van der Waals surface area contributed by atoms with Gasteiger partial charge in [0.05, 0.1) is 11.4 Å². The third-order valence-electron chi connectivity index (χ3n) is 5.08. The Morgan fingerprint density at radius 2 is 1.19 bits per heavy atom. The molecule has 0 unspecified atom stereocenters. The topological polar surface area (TPSA) is 98.8 Å². The monoisotopic (exact) mass is 428 g/mol. The lowest BCUT2D eigenvalue weighted by atomic mass is 10.1. The van der Waals surface area contributed by atoms with Gasteiger partial charge in [0.15, 0.2) is 0 Å². The van der Waals surface area contributed by atoms with E-state index in [9.17, 15) is 28.0 Å². The Bertz CT molecular complexity index is 1020. The number of carbonyl (C=O) groups is 4. The van der Waals surface area contributed by atoms with Crippen molar-refractivity contribution < 1.29 is 28.0 Å². The lowest BCUT2D eigenvalue weighted by Gasteiger charge is -2.30. The van der Waals surface area contributed by atoms with Crippen molar-refractivity contribution in [1.82, 2.24) is 0 Å². The van der Waals surface area contributed by atoms with Crippen molar-refractivity contribution in [3.63, 3.8) is 0 Å². The van der Waals surface area contributed by atoms with Gasteiger partial charge in [-0.2, -0.15) is 0 Å². The summed E-state index contributed by atoms with van der Waals surface area (Å²) in [4.78, 5) is 51.4. The Labute approximate surface area is 175 Å². The molecule has 2 aromatic rings. The maximum Gasteiger partial charge on any atom is 0.244 e. The summed E-state index contributed by atoms with van der Waals surface area (Å²) in [5, 5.41) is 4.82. The highest BCUT2D eigenvalue weighted by Crippen LogP contribution is 2.33. The summed E-state index contributed by atoms with van der Waals surface area (Å²) in [6, 6.07) is 8.29. The summed E-state index contributed by atoms with van der Waals surface area (Å²) in [5.74, 6) is -3.18. The van der Waals surface area contributed by atoms with E-state index in [0.29, 0.717) is 0 Å². The molecule has 2 aliphatic rings. The van der Waals surface area contributed by atoms with Gasteiger partial charge in [0.1, 0.15) is 36.1 Å². The van der Waals surface area contributed by atoms with Crippen LogP contribution < -0.4 is 20.4 Å². The zero-order chi connectivity index (χ0) is 22.1. The third kappa shape index (κ3) is 3.96. The van der Waals surface area contributed by atoms with Crippen LogP contribution in [0.3, 0.4) is 0 Å². The first-order valence-electron chi connectivity index (χ1n) is 9.62.